The molecule has 0 aromatic rings. The summed E-state index contributed by atoms with van der Waals surface area (Å²) < 4.78 is 0. The number of rotatable bonds is 6. The molecule has 0 unspecified atom stereocenters. The molecule has 0 aliphatic heterocycles. The molecule has 0 aromatic carbocycles. The first kappa shape index (κ1) is 23.1. The van der Waals surface area contributed by atoms with Crippen LogP contribution in [0.15, 0.2) is 5.18 Å². The maximum atomic E-state index is 11.4. The minimum atomic E-state index is -0.815. The molecule has 0 bridgehead atoms. The predicted octanol–water partition coefficient (Wildman–Crippen LogP) is 8.81. The lowest BCUT2D eigenvalue weighted by Crippen LogP contribution is -2.55. The molecule has 0 aromatic heterocycles. The third-order valence-corrected chi connectivity index (χ3v) is 11.4. The van der Waals surface area contributed by atoms with Crippen molar-refractivity contribution < 1.29 is 0 Å². The number of nitroso groups, excluding NO2 is 1. The van der Waals surface area contributed by atoms with E-state index in [2.05, 4.69) is 39.8 Å². The first-order chi connectivity index (χ1) is 14.1. The van der Waals surface area contributed by atoms with E-state index in [4.69, 9.17) is 11.6 Å². The molecule has 0 saturated heterocycles. The van der Waals surface area contributed by atoms with E-state index in [1.165, 1.54) is 57.8 Å². The molecule has 9 atom stereocenters. The smallest absolute Gasteiger partial charge is 0.149 e. The molecule has 4 aliphatic carbocycles. The third kappa shape index (κ3) is 3.80. The van der Waals surface area contributed by atoms with Crippen LogP contribution in [-0.2, 0) is 0 Å². The van der Waals surface area contributed by atoms with E-state index in [9.17, 15) is 4.91 Å². The summed E-state index contributed by atoms with van der Waals surface area (Å²) in [6.07, 6.45) is 15.3. The summed E-state index contributed by atoms with van der Waals surface area (Å²) in [5, 5.41) is 3.35. The van der Waals surface area contributed by atoms with Crippen LogP contribution in [-0.4, -0.2) is 5.00 Å². The minimum Gasteiger partial charge on any atom is -0.149 e. The Morgan fingerprint density at radius 1 is 0.900 bits per heavy atom. The van der Waals surface area contributed by atoms with Crippen molar-refractivity contribution in [2.45, 2.75) is 117 Å². The molecule has 0 N–H and O–H groups in total. The van der Waals surface area contributed by atoms with Crippen molar-refractivity contribution in [3.63, 3.8) is 0 Å². The highest BCUT2D eigenvalue weighted by Crippen LogP contribution is 2.69. The van der Waals surface area contributed by atoms with Gasteiger partial charge >= 0.3 is 0 Å². The van der Waals surface area contributed by atoms with Gasteiger partial charge in [0.25, 0.3) is 0 Å². The molecule has 4 rings (SSSR count). The van der Waals surface area contributed by atoms with Gasteiger partial charge in [-0.25, -0.2) is 0 Å². The zero-order valence-corrected chi connectivity index (χ0v) is 21.0. The van der Waals surface area contributed by atoms with E-state index < -0.39 is 5.00 Å². The highest BCUT2D eigenvalue weighted by molar-refractivity contribution is 6.23. The number of fused-ring (bicyclic) bond motifs is 5. The van der Waals surface area contributed by atoms with E-state index >= 15 is 0 Å². The van der Waals surface area contributed by atoms with Crippen LogP contribution in [0.5, 0.6) is 0 Å². The van der Waals surface area contributed by atoms with Gasteiger partial charge in [-0.15, -0.1) is 4.91 Å². The zero-order chi connectivity index (χ0) is 21.7. The fourth-order valence-electron chi connectivity index (χ4n) is 9.31. The topological polar surface area (TPSA) is 29.4 Å². The fourth-order valence-corrected chi connectivity index (χ4v) is 9.59. The van der Waals surface area contributed by atoms with Crippen LogP contribution in [0.1, 0.15) is 112 Å². The SMILES string of the molecule is CC(C)CCC[C@@H](C)[C@@H]1CC[C@@H]2[C@@H]3CC[C@H]4C[C@@](Cl)(N=O)CC[C@]4(C)[C@@H]3CC[C@@]21C. The van der Waals surface area contributed by atoms with Gasteiger partial charge in [0.15, 0.2) is 5.00 Å². The second kappa shape index (κ2) is 8.35. The summed E-state index contributed by atoms with van der Waals surface area (Å²) in [6, 6.07) is 0. The lowest BCUT2D eigenvalue weighted by Gasteiger charge is -2.61. The first-order valence-corrected chi connectivity index (χ1v) is 13.5. The summed E-state index contributed by atoms with van der Waals surface area (Å²) in [5.41, 5.74) is 0.950. The average molecular weight is 436 g/mol. The third-order valence-electron chi connectivity index (χ3n) is 11.0. The van der Waals surface area contributed by atoms with E-state index in [-0.39, 0.29) is 0 Å². The van der Waals surface area contributed by atoms with Crippen molar-refractivity contribution in [1.82, 2.24) is 0 Å². The Hall–Kier alpha value is -0.110. The molecule has 2 nitrogen and oxygen atoms in total. The summed E-state index contributed by atoms with van der Waals surface area (Å²) >= 11 is 6.56. The van der Waals surface area contributed by atoms with Gasteiger partial charge in [0.1, 0.15) is 0 Å². The van der Waals surface area contributed by atoms with Gasteiger partial charge < -0.3 is 0 Å². The number of alkyl halides is 1. The van der Waals surface area contributed by atoms with Gasteiger partial charge in [0.2, 0.25) is 0 Å². The molecule has 0 amide bonds. The summed E-state index contributed by atoms with van der Waals surface area (Å²) in [6.45, 7) is 12.5. The maximum absolute atomic E-state index is 11.4. The molecule has 0 radical (unpaired) electrons. The largest absolute Gasteiger partial charge is 0.175 e. The molecule has 172 valence electrons. The van der Waals surface area contributed by atoms with Crippen molar-refractivity contribution in [3.8, 4) is 0 Å². The van der Waals surface area contributed by atoms with Crippen molar-refractivity contribution in [1.29, 1.82) is 0 Å². The van der Waals surface area contributed by atoms with Crippen LogP contribution in [0.3, 0.4) is 0 Å². The van der Waals surface area contributed by atoms with Gasteiger partial charge in [-0.3, -0.25) is 0 Å². The quantitative estimate of drug-likeness (QED) is 0.232. The Morgan fingerprint density at radius 3 is 2.33 bits per heavy atom. The molecule has 4 fully saturated rings. The van der Waals surface area contributed by atoms with Crippen LogP contribution in [0.4, 0.5) is 0 Å². The molecule has 3 heteroatoms. The van der Waals surface area contributed by atoms with Crippen molar-refractivity contribution in [3.05, 3.63) is 4.91 Å². The number of halogens is 1. The average Bonchev–Trinajstić information content (AvgIpc) is 3.05. The second-order valence-corrected chi connectivity index (χ2v) is 13.6. The van der Waals surface area contributed by atoms with E-state index in [1.54, 1.807) is 0 Å². The summed E-state index contributed by atoms with van der Waals surface area (Å²) in [5.74, 6) is 5.93. The molecule has 0 heterocycles. The molecule has 30 heavy (non-hydrogen) atoms. The number of hydrogen-bond donors (Lipinski definition) is 0. The summed E-state index contributed by atoms with van der Waals surface area (Å²) in [4.78, 5) is 10.5. The van der Waals surface area contributed by atoms with Gasteiger partial charge in [-0.1, -0.05) is 65.5 Å². The van der Waals surface area contributed by atoms with Crippen molar-refractivity contribution in [2.24, 2.45) is 57.4 Å². The normalized spacial score (nSPS) is 49.2. The standard InChI is InChI=1S/C27H46ClNO/c1-18(2)7-6-8-19(3)22-11-12-23-21-10-9-20-17-27(28,29-30)16-15-25(20,4)24(21)13-14-26(22,23)5/h18-24H,6-17H2,1-5H3/t19-,20+,21+,22+,23-,24-,25+,26-,27+/m1/s1. The Labute approximate surface area is 190 Å². The van der Waals surface area contributed by atoms with Crippen LogP contribution in [0.2, 0.25) is 0 Å². The zero-order valence-electron chi connectivity index (χ0n) is 20.3. The fraction of sp³-hybridized carbons (Fsp3) is 1.00. The minimum absolute atomic E-state index is 0.383. The number of nitrogens with zero attached hydrogens (tertiary/aromatic N) is 1. The molecular formula is C27H46ClNO. The molecule has 4 aliphatic rings. The monoisotopic (exact) mass is 435 g/mol. The Balaban J connectivity index is 1.47. The molecule has 4 saturated carbocycles. The predicted molar refractivity (Wildman–Crippen MR) is 127 cm³/mol. The van der Waals surface area contributed by atoms with Crippen LogP contribution < -0.4 is 0 Å². The van der Waals surface area contributed by atoms with Crippen LogP contribution in [0, 0.1) is 57.2 Å². The number of hydrogen-bond acceptors (Lipinski definition) is 2. The Bertz CT molecular complexity index is 636. The summed E-state index contributed by atoms with van der Waals surface area (Å²) in [7, 11) is 0. The lowest BCUT2D eigenvalue weighted by atomic mass is 9.44. The first-order valence-electron chi connectivity index (χ1n) is 13.2. The van der Waals surface area contributed by atoms with Gasteiger partial charge in [0.05, 0.1) is 0 Å². The lowest BCUT2D eigenvalue weighted by molar-refractivity contribution is -0.118. The van der Waals surface area contributed by atoms with E-state index in [1.807, 2.05) is 0 Å². The van der Waals surface area contributed by atoms with Crippen molar-refractivity contribution >= 4 is 11.6 Å². The van der Waals surface area contributed by atoms with Gasteiger partial charge in [-0.05, 0) is 115 Å². The van der Waals surface area contributed by atoms with E-state index in [0.29, 0.717) is 16.7 Å². The van der Waals surface area contributed by atoms with Gasteiger partial charge in [-0.2, -0.15) is 0 Å². The van der Waals surface area contributed by atoms with Crippen molar-refractivity contribution in [2.75, 3.05) is 0 Å². The molecular weight excluding hydrogens is 390 g/mol. The van der Waals surface area contributed by atoms with Gasteiger partial charge in [0, 0.05) is 0 Å². The Kier molecular flexibility index (Phi) is 6.42. The van der Waals surface area contributed by atoms with Crippen LogP contribution in [0.25, 0.3) is 0 Å². The van der Waals surface area contributed by atoms with Crippen LogP contribution >= 0.6 is 11.6 Å². The molecule has 0 spiro atoms. The maximum Gasteiger partial charge on any atom is 0.175 e. The highest BCUT2D eigenvalue weighted by Gasteiger charge is 2.61. The highest BCUT2D eigenvalue weighted by atomic mass is 35.5. The van der Waals surface area contributed by atoms with E-state index in [0.717, 1.165) is 54.8 Å². The second-order valence-electron chi connectivity index (χ2n) is 12.9. The Morgan fingerprint density at radius 2 is 1.63 bits per heavy atom.